The second-order valence-electron chi connectivity index (χ2n) is 12.3. The lowest BCUT2D eigenvalue weighted by Gasteiger charge is -2.18. The van der Waals surface area contributed by atoms with Gasteiger partial charge < -0.3 is 9.13 Å². The highest BCUT2D eigenvalue weighted by atomic mass is 15.0. The lowest BCUT2D eigenvalue weighted by atomic mass is 9.92. The Labute approximate surface area is 287 Å². The number of fused-ring (bicyclic) bond motifs is 6. The lowest BCUT2D eigenvalue weighted by molar-refractivity contribution is 1.18. The van der Waals surface area contributed by atoms with E-state index in [1.165, 1.54) is 0 Å². The molecule has 50 heavy (non-hydrogen) atoms. The number of para-hydroxylation sites is 2. The zero-order chi connectivity index (χ0) is 33.8. The Morgan fingerprint density at radius 1 is 0.360 bits per heavy atom. The maximum atomic E-state index is 10.1. The van der Waals surface area contributed by atoms with E-state index in [9.17, 15) is 15.8 Å². The molecule has 0 aliphatic carbocycles. The van der Waals surface area contributed by atoms with Crippen molar-refractivity contribution in [2.24, 2.45) is 0 Å². The SMILES string of the molecule is N#Cc1ccc(-n2c3ccccc3c3cc(C#N)ccc32)c(-c2ccccc2-c2cccc(-n3c4ccccc4c4cc(C#N)ccc43)c2)c1. The molecule has 9 aromatic rings. The highest BCUT2D eigenvalue weighted by molar-refractivity contribution is 6.11. The summed E-state index contributed by atoms with van der Waals surface area (Å²) in [5.74, 6) is 0. The Morgan fingerprint density at radius 3 is 1.54 bits per heavy atom. The van der Waals surface area contributed by atoms with Gasteiger partial charge in [0, 0.05) is 32.8 Å². The van der Waals surface area contributed by atoms with Crippen LogP contribution in [0.3, 0.4) is 0 Å². The van der Waals surface area contributed by atoms with Gasteiger partial charge >= 0.3 is 0 Å². The Hall–Kier alpha value is -7.39. The summed E-state index contributed by atoms with van der Waals surface area (Å²) in [4.78, 5) is 0. The predicted molar refractivity (Wildman–Crippen MR) is 200 cm³/mol. The van der Waals surface area contributed by atoms with Gasteiger partial charge in [0.1, 0.15) is 0 Å². The molecule has 0 unspecified atom stereocenters. The average molecular weight is 636 g/mol. The topological polar surface area (TPSA) is 81.2 Å². The van der Waals surface area contributed by atoms with E-state index >= 15 is 0 Å². The zero-order valence-corrected chi connectivity index (χ0v) is 26.7. The van der Waals surface area contributed by atoms with Gasteiger partial charge in [0.25, 0.3) is 0 Å². The summed E-state index contributed by atoms with van der Waals surface area (Å²) in [6.45, 7) is 0. The van der Waals surface area contributed by atoms with Crippen molar-refractivity contribution >= 4 is 43.6 Å². The van der Waals surface area contributed by atoms with Crippen molar-refractivity contribution in [2.45, 2.75) is 0 Å². The summed E-state index contributed by atoms with van der Waals surface area (Å²) in [5.41, 5.74) is 11.9. The molecule has 0 aliphatic heterocycles. The van der Waals surface area contributed by atoms with Crippen molar-refractivity contribution < 1.29 is 0 Å². The normalized spacial score (nSPS) is 11.1. The molecule has 0 atom stereocenters. The lowest BCUT2D eigenvalue weighted by Crippen LogP contribution is -1.99. The molecule has 0 spiro atoms. The molecule has 0 bridgehead atoms. The van der Waals surface area contributed by atoms with Crippen molar-refractivity contribution in [3.05, 3.63) is 168 Å². The van der Waals surface area contributed by atoms with E-state index in [2.05, 4.69) is 88.0 Å². The van der Waals surface area contributed by atoms with Crippen LogP contribution in [0.4, 0.5) is 0 Å². The minimum Gasteiger partial charge on any atom is -0.309 e. The molecule has 5 heteroatoms. The maximum Gasteiger partial charge on any atom is 0.0991 e. The first-order valence-electron chi connectivity index (χ1n) is 16.3. The molecule has 230 valence electrons. The van der Waals surface area contributed by atoms with E-state index in [4.69, 9.17) is 0 Å². The Kier molecular flexibility index (Phi) is 6.56. The minimum absolute atomic E-state index is 0.571. The molecule has 0 aliphatic rings. The number of aromatic nitrogens is 2. The second-order valence-corrected chi connectivity index (χ2v) is 12.3. The summed E-state index contributed by atoms with van der Waals surface area (Å²) < 4.78 is 4.50. The molecule has 2 aromatic heterocycles. The number of hydrogen-bond donors (Lipinski definition) is 0. The molecule has 0 fully saturated rings. The highest BCUT2D eigenvalue weighted by Gasteiger charge is 2.19. The van der Waals surface area contributed by atoms with Gasteiger partial charge in [-0.3, -0.25) is 0 Å². The summed E-state index contributed by atoms with van der Waals surface area (Å²) in [7, 11) is 0. The van der Waals surface area contributed by atoms with Gasteiger partial charge in [-0.25, -0.2) is 0 Å². The van der Waals surface area contributed by atoms with Crippen LogP contribution >= 0.6 is 0 Å². The van der Waals surface area contributed by atoms with Crippen LogP contribution in [0.25, 0.3) is 77.2 Å². The number of nitriles is 3. The fourth-order valence-corrected chi connectivity index (χ4v) is 7.42. The average Bonchev–Trinajstić information content (AvgIpc) is 3.69. The van der Waals surface area contributed by atoms with Crippen LogP contribution in [-0.4, -0.2) is 9.13 Å². The fraction of sp³-hybridized carbons (Fsp3) is 0. The van der Waals surface area contributed by atoms with E-state index in [0.717, 1.165) is 77.2 Å². The molecule has 5 nitrogen and oxygen atoms in total. The molecule has 0 amide bonds. The number of rotatable bonds is 4. The zero-order valence-electron chi connectivity index (χ0n) is 26.7. The van der Waals surface area contributed by atoms with Crippen molar-refractivity contribution in [1.82, 2.24) is 9.13 Å². The van der Waals surface area contributed by atoms with Crippen molar-refractivity contribution in [1.29, 1.82) is 15.8 Å². The monoisotopic (exact) mass is 635 g/mol. The fourth-order valence-electron chi connectivity index (χ4n) is 7.42. The molecule has 0 N–H and O–H groups in total. The first-order chi connectivity index (χ1) is 24.7. The number of benzene rings is 7. The van der Waals surface area contributed by atoms with Gasteiger partial charge in [-0.1, -0.05) is 72.8 Å². The van der Waals surface area contributed by atoms with Crippen LogP contribution in [0.1, 0.15) is 16.7 Å². The molecular weight excluding hydrogens is 611 g/mol. The van der Waals surface area contributed by atoms with Gasteiger partial charge in [-0.2, -0.15) is 15.8 Å². The smallest absolute Gasteiger partial charge is 0.0991 e. The summed E-state index contributed by atoms with van der Waals surface area (Å²) >= 11 is 0. The highest BCUT2D eigenvalue weighted by Crippen LogP contribution is 2.41. The van der Waals surface area contributed by atoms with Crippen LogP contribution < -0.4 is 0 Å². The molecule has 0 saturated heterocycles. The molecule has 0 radical (unpaired) electrons. The Morgan fingerprint density at radius 2 is 0.880 bits per heavy atom. The predicted octanol–water partition coefficient (Wildman–Crippen LogP) is 10.8. The molecule has 2 heterocycles. The van der Waals surface area contributed by atoms with E-state index in [1.54, 1.807) is 0 Å². The van der Waals surface area contributed by atoms with Crippen LogP contribution in [0.2, 0.25) is 0 Å². The molecular formula is C45H25N5. The van der Waals surface area contributed by atoms with E-state index in [1.807, 2.05) is 91.0 Å². The maximum absolute atomic E-state index is 10.1. The standard InChI is InChI=1S/C45H25N5/c46-26-29-17-20-44(50-42-15-6-4-13-37(42)40-24-31(28-48)18-21-45(40)50)38(22-29)35-11-2-1-10-34(35)32-8-7-9-33(25-32)49-41-14-5-3-12-36(41)39-23-30(27-47)16-19-43(39)49/h1-25H. The van der Waals surface area contributed by atoms with E-state index < -0.39 is 0 Å². The summed E-state index contributed by atoms with van der Waals surface area (Å²) in [6, 6.07) is 57.9. The van der Waals surface area contributed by atoms with Crippen molar-refractivity contribution in [3.63, 3.8) is 0 Å². The molecule has 7 aromatic carbocycles. The van der Waals surface area contributed by atoms with Gasteiger partial charge in [-0.15, -0.1) is 0 Å². The van der Waals surface area contributed by atoms with Gasteiger partial charge in [0.2, 0.25) is 0 Å². The third-order valence-corrected chi connectivity index (χ3v) is 9.60. The van der Waals surface area contributed by atoms with Crippen molar-refractivity contribution in [2.75, 3.05) is 0 Å². The van der Waals surface area contributed by atoms with Gasteiger partial charge in [0.05, 0.1) is 62.7 Å². The van der Waals surface area contributed by atoms with Crippen molar-refractivity contribution in [3.8, 4) is 51.8 Å². The quantitative estimate of drug-likeness (QED) is 0.193. The Balaban J connectivity index is 1.28. The summed E-state index contributed by atoms with van der Waals surface area (Å²) in [6.07, 6.45) is 0. The molecule has 9 rings (SSSR count). The Bertz CT molecular complexity index is 2970. The van der Waals surface area contributed by atoms with E-state index in [0.29, 0.717) is 16.7 Å². The first kappa shape index (κ1) is 28.8. The third-order valence-electron chi connectivity index (χ3n) is 9.60. The van der Waals surface area contributed by atoms with Gasteiger partial charge in [0.15, 0.2) is 0 Å². The third kappa shape index (κ3) is 4.38. The first-order valence-corrected chi connectivity index (χ1v) is 16.3. The van der Waals surface area contributed by atoms with Crippen LogP contribution in [0.5, 0.6) is 0 Å². The van der Waals surface area contributed by atoms with Gasteiger partial charge in [-0.05, 0) is 95.6 Å². The summed E-state index contributed by atoms with van der Waals surface area (Å²) in [5, 5.41) is 33.6. The van der Waals surface area contributed by atoms with Crippen LogP contribution in [0.15, 0.2) is 152 Å². The van der Waals surface area contributed by atoms with E-state index in [-0.39, 0.29) is 0 Å². The largest absolute Gasteiger partial charge is 0.309 e. The number of hydrogen-bond acceptors (Lipinski definition) is 3. The number of nitrogens with zero attached hydrogens (tertiary/aromatic N) is 5. The van der Waals surface area contributed by atoms with Crippen LogP contribution in [-0.2, 0) is 0 Å². The molecule has 0 saturated carbocycles. The second kappa shape index (κ2) is 11.4. The van der Waals surface area contributed by atoms with Crippen LogP contribution in [0, 0.1) is 34.0 Å². The minimum atomic E-state index is 0.571.